The Morgan fingerprint density at radius 1 is 1.41 bits per heavy atom. The lowest BCUT2D eigenvalue weighted by molar-refractivity contribution is -0.142. The van der Waals surface area contributed by atoms with E-state index in [9.17, 15) is 14.0 Å². The molecule has 2 unspecified atom stereocenters. The normalized spacial score (nSPS) is 29.2. The summed E-state index contributed by atoms with van der Waals surface area (Å²) in [5.41, 5.74) is -0.728. The van der Waals surface area contributed by atoms with Gasteiger partial charge in [0.15, 0.2) is 0 Å². The molecule has 0 aromatic carbocycles. The molecule has 0 bridgehead atoms. The molecule has 0 radical (unpaired) electrons. The monoisotopic (exact) mass is 247 g/mol. The van der Waals surface area contributed by atoms with Gasteiger partial charge in [-0.1, -0.05) is 0 Å². The molecule has 0 aromatic heterocycles. The van der Waals surface area contributed by atoms with Crippen LogP contribution in [0.5, 0.6) is 0 Å². The molecule has 6 heteroatoms. The van der Waals surface area contributed by atoms with Gasteiger partial charge in [-0.25, -0.2) is 14.0 Å². The molecule has 1 aliphatic rings. The summed E-state index contributed by atoms with van der Waals surface area (Å²) in [6, 6.07) is -1.92. The van der Waals surface area contributed by atoms with Gasteiger partial charge in [0.25, 0.3) is 0 Å². The number of hydrogen-bond donors (Lipinski definition) is 1. The van der Waals surface area contributed by atoms with E-state index >= 15 is 0 Å². The lowest BCUT2D eigenvalue weighted by atomic mass is 10.2. The Labute approximate surface area is 99.5 Å². The minimum atomic E-state index is -1.33. The van der Waals surface area contributed by atoms with E-state index in [1.165, 1.54) is 6.92 Å². The molecule has 0 saturated carbocycles. The van der Waals surface area contributed by atoms with Gasteiger partial charge in [-0.2, -0.15) is 0 Å². The predicted molar refractivity (Wildman–Crippen MR) is 58.5 cm³/mol. The average Bonchev–Trinajstić information content (AvgIpc) is 2.40. The van der Waals surface area contributed by atoms with Crippen molar-refractivity contribution < 1.29 is 23.8 Å². The third-order valence-electron chi connectivity index (χ3n) is 2.64. The van der Waals surface area contributed by atoms with Crippen molar-refractivity contribution in [1.82, 2.24) is 4.90 Å². The SMILES string of the molecule is CC1[C@H](F)CC(C(=O)O)N1C(=O)OC(C)(C)C. The number of aliphatic carboxylic acids is 1. The van der Waals surface area contributed by atoms with Crippen LogP contribution in [0.1, 0.15) is 34.1 Å². The van der Waals surface area contributed by atoms with Gasteiger partial charge >= 0.3 is 12.1 Å². The fourth-order valence-electron chi connectivity index (χ4n) is 1.81. The van der Waals surface area contributed by atoms with Crippen LogP contribution in [0, 0.1) is 0 Å². The number of ether oxygens (including phenoxy) is 1. The molecule has 0 aliphatic carbocycles. The van der Waals surface area contributed by atoms with Crippen LogP contribution in [0.4, 0.5) is 9.18 Å². The highest BCUT2D eigenvalue weighted by atomic mass is 19.1. The van der Waals surface area contributed by atoms with Gasteiger partial charge in [-0.15, -0.1) is 0 Å². The molecular formula is C11H18FNO4. The van der Waals surface area contributed by atoms with E-state index in [2.05, 4.69) is 0 Å². The first-order chi connectivity index (χ1) is 7.63. The third kappa shape index (κ3) is 3.08. The quantitative estimate of drug-likeness (QED) is 0.767. The van der Waals surface area contributed by atoms with Gasteiger partial charge in [-0.05, 0) is 27.7 Å². The van der Waals surface area contributed by atoms with Crippen LogP contribution in [-0.2, 0) is 9.53 Å². The lowest BCUT2D eigenvalue weighted by Gasteiger charge is -2.29. The Kier molecular flexibility index (Phi) is 3.64. The first-order valence-electron chi connectivity index (χ1n) is 5.51. The van der Waals surface area contributed by atoms with Gasteiger partial charge < -0.3 is 9.84 Å². The van der Waals surface area contributed by atoms with Gasteiger partial charge in [0.2, 0.25) is 0 Å². The van der Waals surface area contributed by atoms with Crippen LogP contribution < -0.4 is 0 Å². The van der Waals surface area contributed by atoms with Crippen LogP contribution in [0.15, 0.2) is 0 Å². The number of nitrogens with zero attached hydrogens (tertiary/aromatic N) is 1. The molecule has 98 valence electrons. The Balaban J connectivity index is 2.85. The molecule has 1 saturated heterocycles. The molecule has 1 heterocycles. The molecule has 1 aliphatic heterocycles. The largest absolute Gasteiger partial charge is 0.480 e. The summed E-state index contributed by atoms with van der Waals surface area (Å²) in [6.45, 7) is 6.51. The van der Waals surface area contributed by atoms with Gasteiger partial charge in [0.1, 0.15) is 17.8 Å². The Morgan fingerprint density at radius 3 is 2.35 bits per heavy atom. The number of carboxylic acid groups (broad SMARTS) is 1. The van der Waals surface area contributed by atoms with E-state index in [1.807, 2.05) is 0 Å². The van der Waals surface area contributed by atoms with E-state index in [-0.39, 0.29) is 6.42 Å². The summed E-state index contributed by atoms with van der Waals surface area (Å²) in [4.78, 5) is 23.7. The van der Waals surface area contributed by atoms with Crippen LogP contribution in [0.2, 0.25) is 0 Å². The second kappa shape index (κ2) is 4.50. The molecular weight excluding hydrogens is 229 g/mol. The van der Waals surface area contributed by atoms with Crippen molar-refractivity contribution >= 4 is 12.1 Å². The maximum atomic E-state index is 13.5. The highest BCUT2D eigenvalue weighted by Crippen LogP contribution is 2.28. The van der Waals surface area contributed by atoms with E-state index < -0.39 is 35.9 Å². The summed E-state index contributed by atoms with van der Waals surface area (Å²) in [5.74, 6) is -1.21. The summed E-state index contributed by atoms with van der Waals surface area (Å²) < 4.78 is 18.5. The average molecular weight is 247 g/mol. The maximum absolute atomic E-state index is 13.5. The fraction of sp³-hybridized carbons (Fsp3) is 0.818. The summed E-state index contributed by atoms with van der Waals surface area (Å²) in [5, 5.41) is 8.95. The summed E-state index contributed by atoms with van der Waals surface area (Å²) >= 11 is 0. The zero-order valence-electron chi connectivity index (χ0n) is 10.4. The number of rotatable bonds is 1. The van der Waals surface area contributed by atoms with Crippen molar-refractivity contribution in [3.63, 3.8) is 0 Å². The molecule has 1 fully saturated rings. The molecule has 1 rings (SSSR count). The molecule has 0 spiro atoms. The van der Waals surface area contributed by atoms with Gasteiger partial charge in [0, 0.05) is 6.42 Å². The number of likely N-dealkylation sites (tertiary alicyclic amines) is 1. The highest BCUT2D eigenvalue weighted by molar-refractivity contribution is 5.81. The van der Waals surface area contributed by atoms with Crippen molar-refractivity contribution in [2.45, 2.75) is 58.0 Å². The molecule has 5 nitrogen and oxygen atoms in total. The molecule has 1 amide bonds. The number of alkyl halides is 1. The molecule has 1 N–H and O–H groups in total. The van der Waals surface area contributed by atoms with Crippen molar-refractivity contribution in [3.8, 4) is 0 Å². The summed E-state index contributed by atoms with van der Waals surface area (Å²) in [6.07, 6.45) is -2.29. The standard InChI is InChI=1S/C11H18FNO4/c1-6-7(12)5-8(9(14)15)13(6)10(16)17-11(2,3)4/h6-8H,5H2,1-4H3,(H,14,15)/t6?,7-,8?/m1/s1. The van der Waals surface area contributed by atoms with Crippen molar-refractivity contribution in [3.05, 3.63) is 0 Å². The van der Waals surface area contributed by atoms with Crippen LogP contribution >= 0.6 is 0 Å². The number of carbonyl (C=O) groups excluding carboxylic acids is 1. The van der Waals surface area contributed by atoms with Gasteiger partial charge in [-0.3, -0.25) is 4.90 Å². The van der Waals surface area contributed by atoms with E-state index in [4.69, 9.17) is 9.84 Å². The second-order valence-corrected chi connectivity index (χ2v) is 5.23. The summed E-state index contributed by atoms with van der Waals surface area (Å²) in [7, 11) is 0. The Bertz CT molecular complexity index is 326. The van der Waals surface area contributed by atoms with Crippen molar-refractivity contribution in [1.29, 1.82) is 0 Å². The lowest BCUT2D eigenvalue weighted by Crippen LogP contribution is -2.47. The van der Waals surface area contributed by atoms with E-state index in [0.29, 0.717) is 0 Å². The number of amides is 1. The van der Waals surface area contributed by atoms with Crippen LogP contribution in [0.3, 0.4) is 0 Å². The number of carbonyl (C=O) groups is 2. The van der Waals surface area contributed by atoms with Gasteiger partial charge in [0.05, 0.1) is 6.04 Å². The molecule has 3 atom stereocenters. The minimum Gasteiger partial charge on any atom is -0.480 e. The Morgan fingerprint density at radius 2 is 1.94 bits per heavy atom. The number of halogens is 1. The topological polar surface area (TPSA) is 66.8 Å². The zero-order chi connectivity index (χ0) is 13.4. The van der Waals surface area contributed by atoms with Crippen molar-refractivity contribution in [2.75, 3.05) is 0 Å². The maximum Gasteiger partial charge on any atom is 0.411 e. The minimum absolute atomic E-state index is 0.185. The molecule has 0 aromatic rings. The number of hydrogen-bond acceptors (Lipinski definition) is 3. The Hall–Kier alpha value is -1.33. The van der Waals surface area contributed by atoms with E-state index in [1.54, 1.807) is 20.8 Å². The van der Waals surface area contributed by atoms with E-state index in [0.717, 1.165) is 4.90 Å². The highest BCUT2D eigenvalue weighted by Gasteiger charge is 2.46. The smallest absolute Gasteiger partial charge is 0.411 e. The van der Waals surface area contributed by atoms with Crippen LogP contribution in [-0.4, -0.2) is 45.9 Å². The molecule has 17 heavy (non-hydrogen) atoms. The zero-order valence-corrected chi connectivity index (χ0v) is 10.4. The first kappa shape index (κ1) is 13.7. The van der Waals surface area contributed by atoms with Crippen molar-refractivity contribution in [2.24, 2.45) is 0 Å². The van der Waals surface area contributed by atoms with Crippen LogP contribution in [0.25, 0.3) is 0 Å². The fourth-order valence-corrected chi connectivity index (χ4v) is 1.81. The predicted octanol–water partition coefficient (Wildman–Crippen LogP) is 1.81. The second-order valence-electron chi connectivity index (χ2n) is 5.23. The first-order valence-corrected chi connectivity index (χ1v) is 5.51. The third-order valence-corrected chi connectivity index (χ3v) is 2.64. The number of carboxylic acids is 1.